The van der Waals surface area contributed by atoms with Gasteiger partial charge in [-0.05, 0) is 49.5 Å². The molecular weight excluding hydrogens is 264 g/mol. The number of hydrogen-bond acceptors (Lipinski definition) is 1. The van der Waals surface area contributed by atoms with Crippen molar-refractivity contribution in [1.82, 2.24) is 5.32 Å². The normalized spacial score (nSPS) is 20.9. The first-order valence-corrected chi connectivity index (χ1v) is 5.80. The summed E-state index contributed by atoms with van der Waals surface area (Å²) in [4.78, 5) is 0. The fourth-order valence-electron chi connectivity index (χ4n) is 1.92. The van der Waals surface area contributed by atoms with Crippen LogP contribution in [0.3, 0.4) is 0 Å². The Morgan fingerprint density at radius 2 is 2.07 bits per heavy atom. The minimum atomic E-state index is -0.796. The summed E-state index contributed by atoms with van der Waals surface area (Å²) in [6, 6.07) is 2.49. The molecule has 1 fully saturated rings. The number of hydrogen-bond donors (Lipinski definition) is 1. The Hall–Kier alpha value is -0.480. The second-order valence-corrected chi connectivity index (χ2v) is 4.78. The highest BCUT2D eigenvalue weighted by Crippen LogP contribution is 2.25. The van der Waals surface area contributed by atoms with Gasteiger partial charge in [-0.25, -0.2) is 8.78 Å². The summed E-state index contributed by atoms with van der Waals surface area (Å²) < 4.78 is 26.5. The first-order chi connectivity index (χ1) is 7.16. The molecule has 1 N–H and O–H groups in total. The average molecular weight is 276 g/mol. The van der Waals surface area contributed by atoms with E-state index in [1.165, 1.54) is 12.1 Å². The van der Waals surface area contributed by atoms with E-state index in [1.54, 1.807) is 0 Å². The van der Waals surface area contributed by atoms with Gasteiger partial charge in [0.25, 0.3) is 0 Å². The number of rotatable bonds is 2. The van der Waals surface area contributed by atoms with E-state index < -0.39 is 11.6 Å². The summed E-state index contributed by atoms with van der Waals surface area (Å²) in [6.45, 7) is 1.98. The van der Waals surface area contributed by atoms with Crippen LogP contribution >= 0.6 is 15.9 Å². The second-order valence-electron chi connectivity index (χ2n) is 3.92. The first-order valence-electron chi connectivity index (χ1n) is 5.01. The lowest BCUT2D eigenvalue weighted by Gasteiger charge is -2.10. The second kappa shape index (κ2) is 4.58. The van der Waals surface area contributed by atoms with Gasteiger partial charge in [-0.3, -0.25) is 0 Å². The SMILES string of the molecule is Fc1cc(Br)c(CC2CCNC2)cc1F. The van der Waals surface area contributed by atoms with Crippen molar-refractivity contribution in [2.45, 2.75) is 12.8 Å². The third kappa shape index (κ3) is 2.55. The van der Waals surface area contributed by atoms with E-state index in [9.17, 15) is 8.78 Å². The van der Waals surface area contributed by atoms with Crippen LogP contribution < -0.4 is 5.32 Å². The molecule has 0 saturated carbocycles. The van der Waals surface area contributed by atoms with Crippen LogP contribution in [-0.4, -0.2) is 13.1 Å². The number of nitrogens with one attached hydrogen (secondary N) is 1. The zero-order valence-corrected chi connectivity index (χ0v) is 9.78. The molecule has 1 nitrogen and oxygen atoms in total. The topological polar surface area (TPSA) is 12.0 Å². The van der Waals surface area contributed by atoms with Crippen molar-refractivity contribution in [3.8, 4) is 0 Å². The lowest BCUT2D eigenvalue weighted by molar-refractivity contribution is 0.502. The maximum Gasteiger partial charge on any atom is 0.159 e. The van der Waals surface area contributed by atoms with Crippen molar-refractivity contribution in [2.75, 3.05) is 13.1 Å². The van der Waals surface area contributed by atoms with E-state index in [-0.39, 0.29) is 0 Å². The van der Waals surface area contributed by atoms with Gasteiger partial charge in [0.1, 0.15) is 0 Å². The predicted octanol–water partition coefficient (Wildman–Crippen LogP) is 2.88. The van der Waals surface area contributed by atoms with Gasteiger partial charge >= 0.3 is 0 Å². The molecule has 1 heterocycles. The van der Waals surface area contributed by atoms with E-state index in [1.807, 2.05) is 0 Å². The minimum Gasteiger partial charge on any atom is -0.316 e. The van der Waals surface area contributed by atoms with E-state index in [0.717, 1.165) is 31.5 Å². The number of benzene rings is 1. The zero-order valence-electron chi connectivity index (χ0n) is 8.19. The average Bonchev–Trinajstić information content (AvgIpc) is 2.67. The molecule has 0 radical (unpaired) electrons. The van der Waals surface area contributed by atoms with Gasteiger partial charge in [-0.2, -0.15) is 0 Å². The van der Waals surface area contributed by atoms with Crippen LogP contribution in [0.15, 0.2) is 16.6 Å². The molecule has 0 aromatic heterocycles. The maximum atomic E-state index is 13.0. The third-order valence-electron chi connectivity index (χ3n) is 2.76. The number of halogens is 3. The molecule has 1 atom stereocenters. The highest BCUT2D eigenvalue weighted by molar-refractivity contribution is 9.10. The summed E-state index contributed by atoms with van der Waals surface area (Å²) in [6.07, 6.45) is 1.90. The van der Waals surface area contributed by atoms with Crippen molar-refractivity contribution >= 4 is 15.9 Å². The molecule has 82 valence electrons. The fourth-order valence-corrected chi connectivity index (χ4v) is 2.40. The van der Waals surface area contributed by atoms with Crippen molar-refractivity contribution in [3.63, 3.8) is 0 Å². The Bertz CT molecular complexity index is 362. The Balaban J connectivity index is 2.16. The molecule has 15 heavy (non-hydrogen) atoms. The molecule has 1 unspecified atom stereocenters. The standard InChI is InChI=1S/C11H12BrF2N/c12-9-5-11(14)10(13)4-8(9)3-7-1-2-15-6-7/h4-5,7,15H,1-3,6H2. The quantitative estimate of drug-likeness (QED) is 0.819. The zero-order chi connectivity index (χ0) is 10.8. The third-order valence-corrected chi connectivity index (χ3v) is 3.50. The van der Waals surface area contributed by atoms with Crippen LogP contribution in [-0.2, 0) is 6.42 Å². The largest absolute Gasteiger partial charge is 0.316 e. The van der Waals surface area contributed by atoms with Crippen molar-refractivity contribution in [1.29, 1.82) is 0 Å². The van der Waals surface area contributed by atoms with Crippen LogP contribution in [0.5, 0.6) is 0 Å². The molecule has 1 saturated heterocycles. The van der Waals surface area contributed by atoms with E-state index in [2.05, 4.69) is 21.2 Å². The van der Waals surface area contributed by atoms with Gasteiger partial charge in [0.2, 0.25) is 0 Å². The highest BCUT2D eigenvalue weighted by Gasteiger charge is 2.17. The molecule has 1 aromatic carbocycles. The van der Waals surface area contributed by atoms with E-state index in [0.29, 0.717) is 10.4 Å². The lowest BCUT2D eigenvalue weighted by atomic mass is 9.99. The molecule has 1 aliphatic rings. The fraction of sp³-hybridized carbons (Fsp3) is 0.455. The minimum absolute atomic E-state index is 0.533. The Kier molecular flexibility index (Phi) is 3.36. The highest BCUT2D eigenvalue weighted by atomic mass is 79.9. The van der Waals surface area contributed by atoms with Crippen molar-refractivity contribution < 1.29 is 8.78 Å². The summed E-state index contributed by atoms with van der Waals surface area (Å²) in [5, 5.41) is 3.25. The van der Waals surface area contributed by atoms with Gasteiger partial charge in [0.05, 0.1) is 0 Å². The molecule has 2 rings (SSSR count). The van der Waals surface area contributed by atoms with Gasteiger partial charge < -0.3 is 5.32 Å². The molecule has 1 aromatic rings. The van der Waals surface area contributed by atoms with Crippen LogP contribution in [0, 0.1) is 17.6 Å². The van der Waals surface area contributed by atoms with Crippen molar-refractivity contribution in [2.24, 2.45) is 5.92 Å². The molecule has 0 spiro atoms. The lowest BCUT2D eigenvalue weighted by Crippen LogP contribution is -2.11. The molecule has 0 bridgehead atoms. The predicted molar refractivity (Wildman–Crippen MR) is 58.7 cm³/mol. The van der Waals surface area contributed by atoms with Gasteiger partial charge in [0, 0.05) is 4.47 Å². The smallest absolute Gasteiger partial charge is 0.159 e. The van der Waals surface area contributed by atoms with Crippen LogP contribution in [0.4, 0.5) is 8.78 Å². The summed E-state index contributed by atoms with van der Waals surface area (Å²) in [5.74, 6) is -1.03. The van der Waals surface area contributed by atoms with Crippen LogP contribution in [0.25, 0.3) is 0 Å². The summed E-state index contributed by atoms with van der Waals surface area (Å²) in [7, 11) is 0. The molecule has 4 heteroatoms. The first kappa shape index (κ1) is 11.0. The molecular formula is C11H12BrF2N. The summed E-state index contributed by atoms with van der Waals surface area (Å²) in [5.41, 5.74) is 0.850. The van der Waals surface area contributed by atoms with Crippen LogP contribution in [0.2, 0.25) is 0 Å². The Morgan fingerprint density at radius 1 is 1.33 bits per heavy atom. The molecule has 1 aliphatic heterocycles. The monoisotopic (exact) mass is 275 g/mol. The van der Waals surface area contributed by atoms with Crippen LogP contribution in [0.1, 0.15) is 12.0 Å². The van der Waals surface area contributed by atoms with Crippen molar-refractivity contribution in [3.05, 3.63) is 33.8 Å². The Morgan fingerprint density at radius 3 is 2.73 bits per heavy atom. The maximum absolute atomic E-state index is 13.0. The van der Waals surface area contributed by atoms with Gasteiger partial charge in [0.15, 0.2) is 11.6 Å². The van der Waals surface area contributed by atoms with Gasteiger partial charge in [-0.15, -0.1) is 0 Å². The molecule has 0 aliphatic carbocycles. The van der Waals surface area contributed by atoms with E-state index in [4.69, 9.17) is 0 Å². The van der Waals surface area contributed by atoms with E-state index >= 15 is 0 Å². The summed E-state index contributed by atoms with van der Waals surface area (Å²) >= 11 is 3.26. The van der Waals surface area contributed by atoms with Gasteiger partial charge in [-0.1, -0.05) is 15.9 Å². The molecule has 0 amide bonds. The Labute approximate surface area is 96.0 Å².